The van der Waals surface area contributed by atoms with Gasteiger partial charge in [0.2, 0.25) is 5.91 Å². The van der Waals surface area contributed by atoms with Gasteiger partial charge in [-0.15, -0.1) is 0 Å². The van der Waals surface area contributed by atoms with Crippen LogP contribution in [0.4, 0.5) is 0 Å². The number of hydrogen-bond donors (Lipinski definition) is 2. The molecular formula is C17H23N4O3+. The lowest BCUT2D eigenvalue weighted by atomic mass is 10.1. The number of amides is 3. The van der Waals surface area contributed by atoms with E-state index in [1.165, 1.54) is 9.80 Å². The van der Waals surface area contributed by atoms with E-state index in [1.54, 1.807) is 24.3 Å². The van der Waals surface area contributed by atoms with E-state index in [4.69, 9.17) is 0 Å². The third-order valence-corrected chi connectivity index (χ3v) is 4.56. The predicted octanol–water partition coefficient (Wildman–Crippen LogP) is -1.08. The lowest BCUT2D eigenvalue weighted by Gasteiger charge is -2.30. The summed E-state index contributed by atoms with van der Waals surface area (Å²) in [6, 6.07) is 6.83. The Bertz CT molecular complexity index is 618. The highest BCUT2D eigenvalue weighted by Gasteiger charge is 2.34. The normalized spacial score (nSPS) is 18.8. The molecule has 2 aliphatic rings. The summed E-state index contributed by atoms with van der Waals surface area (Å²) in [6.07, 6.45) is 0.767. The molecule has 3 rings (SSSR count). The van der Waals surface area contributed by atoms with Crippen molar-refractivity contribution in [2.75, 3.05) is 39.8 Å². The summed E-state index contributed by atoms with van der Waals surface area (Å²) in [5.74, 6) is -0.595. The van der Waals surface area contributed by atoms with Crippen molar-refractivity contribution in [3.63, 3.8) is 0 Å². The van der Waals surface area contributed by atoms with Gasteiger partial charge in [0.25, 0.3) is 11.8 Å². The molecule has 0 bridgehead atoms. The second-order valence-corrected chi connectivity index (χ2v) is 6.39. The fourth-order valence-electron chi connectivity index (χ4n) is 3.07. The van der Waals surface area contributed by atoms with E-state index in [9.17, 15) is 14.4 Å². The highest BCUT2D eigenvalue weighted by molar-refractivity contribution is 6.21. The van der Waals surface area contributed by atoms with E-state index in [0.29, 0.717) is 24.0 Å². The van der Waals surface area contributed by atoms with Crippen LogP contribution in [0.3, 0.4) is 0 Å². The minimum atomic E-state index is -0.266. The maximum Gasteiger partial charge on any atom is 0.261 e. The largest absolute Gasteiger partial charge is 0.335 e. The van der Waals surface area contributed by atoms with Crippen molar-refractivity contribution in [3.8, 4) is 0 Å². The zero-order chi connectivity index (χ0) is 17.1. The van der Waals surface area contributed by atoms with Gasteiger partial charge in [-0.05, 0) is 18.6 Å². The van der Waals surface area contributed by atoms with Crippen molar-refractivity contribution in [3.05, 3.63) is 35.4 Å². The molecule has 7 nitrogen and oxygen atoms in total. The molecule has 1 fully saturated rings. The van der Waals surface area contributed by atoms with Crippen LogP contribution in [0.5, 0.6) is 0 Å². The fourth-order valence-corrected chi connectivity index (χ4v) is 3.07. The van der Waals surface area contributed by atoms with E-state index in [0.717, 1.165) is 26.2 Å². The van der Waals surface area contributed by atoms with Crippen molar-refractivity contribution >= 4 is 17.7 Å². The smallest absolute Gasteiger partial charge is 0.261 e. The number of hydrazine groups is 1. The zero-order valence-electron chi connectivity index (χ0n) is 13.9. The van der Waals surface area contributed by atoms with E-state index < -0.39 is 0 Å². The minimum absolute atomic E-state index is 0.0637. The number of likely N-dealkylation sites (N-methyl/N-ethyl adjacent to an activating group) is 1. The summed E-state index contributed by atoms with van der Waals surface area (Å²) in [5, 5.41) is 1.94. The standard InChI is InChI=1S/C17H22N4O3/c1-19-9-11-20(12-10-19)18-15(22)7-4-8-21-16(23)13-5-2-3-6-14(13)17(21)24/h2-3,5-6H,4,7-12H2,1H3,(H,18,22)/p+1. The molecule has 7 heteroatoms. The molecule has 2 N–H and O–H groups in total. The highest BCUT2D eigenvalue weighted by Crippen LogP contribution is 2.22. The minimum Gasteiger partial charge on any atom is -0.335 e. The first kappa shape index (κ1) is 16.6. The molecule has 128 valence electrons. The Morgan fingerprint density at radius 2 is 1.71 bits per heavy atom. The zero-order valence-corrected chi connectivity index (χ0v) is 13.9. The molecule has 1 aromatic carbocycles. The third-order valence-electron chi connectivity index (χ3n) is 4.56. The lowest BCUT2D eigenvalue weighted by molar-refractivity contribution is -0.884. The Kier molecular flexibility index (Phi) is 4.92. The van der Waals surface area contributed by atoms with Crippen LogP contribution >= 0.6 is 0 Å². The Morgan fingerprint density at radius 3 is 2.29 bits per heavy atom. The second kappa shape index (κ2) is 7.11. The molecule has 24 heavy (non-hydrogen) atoms. The number of rotatable bonds is 5. The molecule has 0 saturated carbocycles. The number of carbonyl (C=O) groups is 3. The Balaban J connectivity index is 1.45. The number of piperazine rings is 1. The van der Waals surface area contributed by atoms with Gasteiger partial charge >= 0.3 is 0 Å². The first-order valence-electron chi connectivity index (χ1n) is 8.37. The van der Waals surface area contributed by atoms with Gasteiger partial charge in [-0.2, -0.15) is 0 Å². The summed E-state index contributed by atoms with van der Waals surface area (Å²) in [4.78, 5) is 39.1. The molecule has 3 amide bonds. The Labute approximate surface area is 141 Å². The van der Waals surface area contributed by atoms with Gasteiger partial charge in [-0.25, -0.2) is 5.01 Å². The van der Waals surface area contributed by atoms with E-state index in [2.05, 4.69) is 12.5 Å². The van der Waals surface area contributed by atoms with Crippen LogP contribution in [0.15, 0.2) is 24.3 Å². The molecular weight excluding hydrogens is 308 g/mol. The number of nitrogens with zero attached hydrogens (tertiary/aromatic N) is 2. The summed E-state index contributed by atoms with van der Waals surface area (Å²) in [5.41, 5.74) is 3.80. The summed E-state index contributed by atoms with van der Waals surface area (Å²) in [6.45, 7) is 3.98. The molecule has 0 spiro atoms. The number of imide groups is 1. The molecule has 0 aliphatic carbocycles. The van der Waals surface area contributed by atoms with E-state index >= 15 is 0 Å². The first-order valence-corrected chi connectivity index (χ1v) is 8.37. The van der Waals surface area contributed by atoms with Crippen LogP contribution < -0.4 is 10.3 Å². The Morgan fingerprint density at radius 1 is 1.12 bits per heavy atom. The van der Waals surface area contributed by atoms with Crippen LogP contribution in [0.25, 0.3) is 0 Å². The molecule has 0 aromatic heterocycles. The number of fused-ring (bicyclic) bond motifs is 1. The second-order valence-electron chi connectivity index (χ2n) is 6.39. The summed E-state index contributed by atoms with van der Waals surface area (Å²) >= 11 is 0. The monoisotopic (exact) mass is 331 g/mol. The molecule has 0 unspecified atom stereocenters. The average Bonchev–Trinajstić information content (AvgIpc) is 2.82. The molecule has 2 heterocycles. The van der Waals surface area contributed by atoms with E-state index in [1.807, 2.05) is 5.01 Å². The van der Waals surface area contributed by atoms with E-state index in [-0.39, 0.29) is 24.3 Å². The topological polar surface area (TPSA) is 74.2 Å². The Hall–Kier alpha value is -2.25. The third kappa shape index (κ3) is 3.47. The van der Waals surface area contributed by atoms with Crippen LogP contribution in [0, 0.1) is 0 Å². The molecule has 1 saturated heterocycles. The van der Waals surface area contributed by atoms with Crippen molar-refractivity contribution in [2.45, 2.75) is 12.8 Å². The quantitative estimate of drug-likeness (QED) is 0.674. The molecule has 0 atom stereocenters. The van der Waals surface area contributed by atoms with Gasteiger partial charge in [0.1, 0.15) is 0 Å². The van der Waals surface area contributed by atoms with Gasteiger partial charge in [-0.3, -0.25) is 24.7 Å². The molecule has 2 aliphatic heterocycles. The summed E-state index contributed by atoms with van der Waals surface area (Å²) < 4.78 is 0. The number of carbonyl (C=O) groups excluding carboxylic acids is 3. The lowest BCUT2D eigenvalue weighted by Crippen LogP contribution is -3.12. The maximum atomic E-state index is 12.2. The number of quaternary nitrogens is 1. The van der Waals surface area contributed by atoms with Crippen molar-refractivity contribution in [1.29, 1.82) is 0 Å². The van der Waals surface area contributed by atoms with Crippen LogP contribution in [0.1, 0.15) is 33.6 Å². The van der Waals surface area contributed by atoms with Gasteiger partial charge in [0.15, 0.2) is 0 Å². The fraction of sp³-hybridized carbons (Fsp3) is 0.471. The van der Waals surface area contributed by atoms with Gasteiger partial charge < -0.3 is 4.90 Å². The van der Waals surface area contributed by atoms with Gasteiger partial charge in [0.05, 0.1) is 44.4 Å². The van der Waals surface area contributed by atoms with Crippen molar-refractivity contribution in [2.24, 2.45) is 0 Å². The maximum absolute atomic E-state index is 12.2. The molecule has 0 radical (unpaired) electrons. The SMILES string of the molecule is C[NH+]1CCN(NC(=O)CCCN2C(=O)c3ccccc3C2=O)CC1. The number of benzene rings is 1. The number of nitrogens with one attached hydrogen (secondary N) is 2. The predicted molar refractivity (Wildman–Crippen MR) is 87.4 cm³/mol. The van der Waals surface area contributed by atoms with Crippen molar-refractivity contribution < 1.29 is 19.3 Å². The summed E-state index contributed by atoms with van der Waals surface area (Å²) in [7, 11) is 2.14. The van der Waals surface area contributed by atoms with Gasteiger partial charge in [0, 0.05) is 13.0 Å². The first-order chi connectivity index (χ1) is 11.6. The van der Waals surface area contributed by atoms with Crippen LogP contribution in [0.2, 0.25) is 0 Å². The molecule has 1 aromatic rings. The van der Waals surface area contributed by atoms with Crippen LogP contribution in [-0.2, 0) is 4.79 Å². The van der Waals surface area contributed by atoms with Crippen LogP contribution in [-0.4, -0.2) is 67.4 Å². The van der Waals surface area contributed by atoms with Crippen molar-refractivity contribution in [1.82, 2.24) is 15.3 Å². The van der Waals surface area contributed by atoms with Gasteiger partial charge in [-0.1, -0.05) is 12.1 Å². The highest BCUT2D eigenvalue weighted by atomic mass is 16.2. The number of hydrogen-bond acceptors (Lipinski definition) is 4. The average molecular weight is 331 g/mol.